The number of ether oxygens (including phenoxy) is 1. The molecule has 23 heavy (non-hydrogen) atoms. The number of aliphatic carboxylic acids is 1. The Balaban J connectivity index is 1.81. The van der Waals surface area contributed by atoms with E-state index in [0.717, 1.165) is 18.8 Å². The summed E-state index contributed by atoms with van der Waals surface area (Å²) in [4.78, 5) is 27.1. The van der Waals surface area contributed by atoms with Crippen LogP contribution in [0.1, 0.15) is 39.0 Å². The van der Waals surface area contributed by atoms with E-state index in [0.29, 0.717) is 26.2 Å². The van der Waals surface area contributed by atoms with Crippen molar-refractivity contribution in [2.45, 2.75) is 45.1 Å². The Hall–Kier alpha value is -1.14. The molecule has 2 fully saturated rings. The molecule has 1 aliphatic heterocycles. The van der Waals surface area contributed by atoms with Gasteiger partial charge in [0.05, 0.1) is 19.3 Å². The molecule has 0 spiro atoms. The van der Waals surface area contributed by atoms with Crippen molar-refractivity contribution in [1.29, 1.82) is 0 Å². The van der Waals surface area contributed by atoms with E-state index in [4.69, 9.17) is 9.84 Å². The Morgan fingerprint density at radius 3 is 2.57 bits per heavy atom. The molecule has 2 rings (SSSR count). The van der Waals surface area contributed by atoms with Crippen molar-refractivity contribution in [2.24, 2.45) is 11.8 Å². The molecule has 6 heteroatoms. The Labute approximate surface area is 138 Å². The molecule has 1 aliphatic carbocycles. The normalized spacial score (nSPS) is 28.8. The summed E-state index contributed by atoms with van der Waals surface area (Å²) in [6.07, 6.45) is 5.49. The maximum atomic E-state index is 12.7. The molecule has 1 saturated heterocycles. The predicted molar refractivity (Wildman–Crippen MR) is 87.2 cm³/mol. The Morgan fingerprint density at radius 2 is 1.96 bits per heavy atom. The summed E-state index contributed by atoms with van der Waals surface area (Å²) in [5.74, 6) is 0.395. The minimum atomic E-state index is -0.844. The highest BCUT2D eigenvalue weighted by Crippen LogP contribution is 2.32. The lowest BCUT2D eigenvalue weighted by atomic mass is 9.80. The van der Waals surface area contributed by atoms with Crippen LogP contribution in [0.4, 0.5) is 0 Å². The Morgan fingerprint density at radius 1 is 1.26 bits per heavy atom. The molecule has 2 aliphatic rings. The van der Waals surface area contributed by atoms with Gasteiger partial charge in [-0.05, 0) is 38.6 Å². The zero-order valence-electron chi connectivity index (χ0n) is 14.4. The molecule has 1 heterocycles. The predicted octanol–water partition coefficient (Wildman–Crippen LogP) is 1.45. The zero-order chi connectivity index (χ0) is 16.8. The van der Waals surface area contributed by atoms with Crippen molar-refractivity contribution >= 4 is 11.9 Å². The highest BCUT2D eigenvalue weighted by Gasteiger charge is 2.32. The van der Waals surface area contributed by atoms with E-state index >= 15 is 0 Å². The van der Waals surface area contributed by atoms with Gasteiger partial charge in [-0.3, -0.25) is 14.5 Å². The first-order valence-corrected chi connectivity index (χ1v) is 8.80. The molecule has 0 aromatic rings. The molecule has 1 unspecified atom stereocenters. The van der Waals surface area contributed by atoms with Gasteiger partial charge in [-0.25, -0.2) is 0 Å². The molecule has 1 atom stereocenters. The van der Waals surface area contributed by atoms with Gasteiger partial charge in [0.2, 0.25) is 5.91 Å². The minimum absolute atomic E-state index is 0.00512. The van der Waals surface area contributed by atoms with E-state index in [1.54, 1.807) is 11.9 Å². The highest BCUT2D eigenvalue weighted by molar-refractivity contribution is 5.79. The molecular weight excluding hydrogens is 296 g/mol. The lowest BCUT2D eigenvalue weighted by Gasteiger charge is -2.37. The van der Waals surface area contributed by atoms with E-state index in [-0.39, 0.29) is 24.5 Å². The topological polar surface area (TPSA) is 70.1 Å². The SMILES string of the molecule is CCC1CCC(C(=O)N2CCOC(CN(C)CC(=O)O)C2)CC1. The maximum absolute atomic E-state index is 12.7. The third-order valence-corrected chi connectivity index (χ3v) is 5.14. The number of amides is 1. The van der Waals surface area contributed by atoms with Gasteiger partial charge in [-0.1, -0.05) is 13.3 Å². The van der Waals surface area contributed by atoms with Crippen LogP contribution in [0.25, 0.3) is 0 Å². The second kappa shape index (κ2) is 8.64. The van der Waals surface area contributed by atoms with Crippen LogP contribution < -0.4 is 0 Å². The quantitative estimate of drug-likeness (QED) is 0.800. The number of carboxylic acids is 1. The van der Waals surface area contributed by atoms with E-state index < -0.39 is 5.97 Å². The molecule has 1 saturated carbocycles. The summed E-state index contributed by atoms with van der Waals surface area (Å²) in [5.41, 5.74) is 0. The molecule has 1 amide bonds. The van der Waals surface area contributed by atoms with Crippen LogP contribution in [-0.4, -0.2) is 72.7 Å². The number of rotatable bonds is 6. The average Bonchev–Trinajstić information content (AvgIpc) is 2.53. The molecule has 132 valence electrons. The fourth-order valence-corrected chi connectivity index (χ4v) is 3.75. The number of carbonyl (C=O) groups is 2. The number of carbonyl (C=O) groups excluding carboxylic acids is 1. The second-order valence-corrected chi connectivity index (χ2v) is 6.99. The van der Waals surface area contributed by atoms with E-state index in [9.17, 15) is 9.59 Å². The Bertz CT molecular complexity index is 407. The van der Waals surface area contributed by atoms with E-state index in [1.807, 2.05) is 4.90 Å². The van der Waals surface area contributed by atoms with Gasteiger partial charge in [-0.2, -0.15) is 0 Å². The van der Waals surface area contributed by atoms with Crippen LogP contribution >= 0.6 is 0 Å². The van der Waals surface area contributed by atoms with Crippen LogP contribution in [0.5, 0.6) is 0 Å². The van der Waals surface area contributed by atoms with Crippen molar-refractivity contribution in [3.63, 3.8) is 0 Å². The minimum Gasteiger partial charge on any atom is -0.480 e. The van der Waals surface area contributed by atoms with Gasteiger partial charge in [0, 0.05) is 25.6 Å². The van der Waals surface area contributed by atoms with Crippen molar-refractivity contribution in [3.8, 4) is 0 Å². The summed E-state index contributed by atoms with van der Waals surface area (Å²) in [5, 5.41) is 8.82. The Kier molecular flexibility index (Phi) is 6.84. The zero-order valence-corrected chi connectivity index (χ0v) is 14.4. The van der Waals surface area contributed by atoms with Gasteiger partial charge in [-0.15, -0.1) is 0 Å². The van der Waals surface area contributed by atoms with Gasteiger partial charge in [0.15, 0.2) is 0 Å². The number of morpholine rings is 1. The van der Waals surface area contributed by atoms with Crippen molar-refractivity contribution in [2.75, 3.05) is 39.8 Å². The fourth-order valence-electron chi connectivity index (χ4n) is 3.75. The maximum Gasteiger partial charge on any atom is 0.317 e. The third-order valence-electron chi connectivity index (χ3n) is 5.14. The summed E-state index contributed by atoms with van der Waals surface area (Å²) in [6, 6.07) is 0. The van der Waals surface area contributed by atoms with Crippen molar-refractivity contribution in [1.82, 2.24) is 9.80 Å². The molecule has 0 bridgehead atoms. The number of hydrogen-bond acceptors (Lipinski definition) is 4. The fraction of sp³-hybridized carbons (Fsp3) is 0.882. The van der Waals surface area contributed by atoms with E-state index in [1.165, 1.54) is 19.3 Å². The average molecular weight is 326 g/mol. The standard InChI is InChI=1S/C17H30N2O4/c1-3-13-4-6-14(7-5-13)17(22)19-8-9-23-15(11-19)10-18(2)12-16(20)21/h13-15H,3-12H2,1-2H3,(H,20,21). The number of hydrogen-bond donors (Lipinski definition) is 1. The number of carboxylic acid groups (broad SMARTS) is 1. The highest BCUT2D eigenvalue weighted by atomic mass is 16.5. The summed E-state index contributed by atoms with van der Waals surface area (Å²) in [6.45, 7) is 4.55. The van der Waals surface area contributed by atoms with E-state index in [2.05, 4.69) is 6.92 Å². The molecule has 0 aromatic heterocycles. The number of nitrogens with zero attached hydrogens (tertiary/aromatic N) is 2. The molecule has 6 nitrogen and oxygen atoms in total. The third kappa shape index (κ3) is 5.46. The number of likely N-dealkylation sites (N-methyl/N-ethyl adjacent to an activating group) is 1. The van der Waals surface area contributed by atoms with Gasteiger partial charge >= 0.3 is 5.97 Å². The molecule has 0 aromatic carbocycles. The lowest BCUT2D eigenvalue weighted by Crippen LogP contribution is -2.51. The monoisotopic (exact) mass is 326 g/mol. The van der Waals surface area contributed by atoms with Gasteiger partial charge in [0.25, 0.3) is 0 Å². The second-order valence-electron chi connectivity index (χ2n) is 6.99. The van der Waals surface area contributed by atoms with Crippen LogP contribution in [-0.2, 0) is 14.3 Å². The first-order valence-electron chi connectivity index (χ1n) is 8.80. The van der Waals surface area contributed by atoms with Crippen LogP contribution in [0.3, 0.4) is 0 Å². The van der Waals surface area contributed by atoms with Crippen molar-refractivity contribution < 1.29 is 19.4 Å². The van der Waals surface area contributed by atoms with Crippen molar-refractivity contribution in [3.05, 3.63) is 0 Å². The van der Waals surface area contributed by atoms with Gasteiger partial charge in [0.1, 0.15) is 0 Å². The van der Waals surface area contributed by atoms with Gasteiger partial charge < -0.3 is 14.7 Å². The van der Waals surface area contributed by atoms with Crippen LogP contribution in [0.2, 0.25) is 0 Å². The molecule has 1 N–H and O–H groups in total. The summed E-state index contributed by atoms with van der Waals surface area (Å²) < 4.78 is 5.70. The summed E-state index contributed by atoms with van der Waals surface area (Å²) in [7, 11) is 1.77. The summed E-state index contributed by atoms with van der Waals surface area (Å²) >= 11 is 0. The first-order chi connectivity index (χ1) is 11.0. The first kappa shape index (κ1) is 18.2. The molecular formula is C17H30N2O4. The largest absolute Gasteiger partial charge is 0.480 e. The molecule has 0 radical (unpaired) electrons. The van der Waals surface area contributed by atoms with Crippen LogP contribution in [0.15, 0.2) is 0 Å². The smallest absolute Gasteiger partial charge is 0.317 e. The lowest BCUT2D eigenvalue weighted by molar-refractivity contribution is -0.146. The van der Waals surface area contributed by atoms with Crippen LogP contribution in [0, 0.1) is 11.8 Å².